The summed E-state index contributed by atoms with van der Waals surface area (Å²) in [5, 5.41) is 3.72. The molecule has 3 rings (SSSR count). The highest BCUT2D eigenvalue weighted by molar-refractivity contribution is 6.31. The van der Waals surface area contributed by atoms with Gasteiger partial charge in [-0.2, -0.15) is 0 Å². The van der Waals surface area contributed by atoms with E-state index in [-0.39, 0.29) is 10.8 Å². The molecule has 0 saturated heterocycles. The topological polar surface area (TPSA) is 15.3 Å². The summed E-state index contributed by atoms with van der Waals surface area (Å²) in [6.45, 7) is 10.3. The van der Waals surface area contributed by atoms with Crippen LogP contribution in [0.5, 0.6) is 0 Å². The third kappa shape index (κ3) is 4.67. The van der Waals surface area contributed by atoms with Crippen LogP contribution in [0.4, 0.5) is 10.1 Å². The number of benzene rings is 2. The van der Waals surface area contributed by atoms with E-state index in [9.17, 15) is 4.39 Å². The number of hydrogen-bond donors (Lipinski definition) is 1. The van der Waals surface area contributed by atoms with Gasteiger partial charge in [-0.1, -0.05) is 50.1 Å². The number of halogens is 2. The van der Waals surface area contributed by atoms with Crippen molar-refractivity contribution in [1.82, 2.24) is 4.90 Å². The Hall–Kier alpha value is -2.26. The van der Waals surface area contributed by atoms with E-state index < -0.39 is 0 Å². The summed E-state index contributed by atoms with van der Waals surface area (Å²) in [6, 6.07) is 9.79. The van der Waals surface area contributed by atoms with Gasteiger partial charge in [0.25, 0.3) is 0 Å². The first kappa shape index (κ1) is 21.4. The molecular formula is C25H30ClFN2. The van der Waals surface area contributed by atoms with Gasteiger partial charge >= 0.3 is 0 Å². The lowest BCUT2D eigenvalue weighted by Gasteiger charge is -2.29. The molecule has 0 spiro atoms. The number of nitrogens with one attached hydrogen (secondary N) is 1. The molecule has 0 fully saturated rings. The average Bonchev–Trinajstić information content (AvgIpc) is 2.69. The SMILES string of the molecule is CCC(C)CNc1ccc(C2=C(c3cc(Cl)c(F)cc3C)N(C)CC=C2)cc1C. The van der Waals surface area contributed by atoms with Crippen LogP contribution >= 0.6 is 11.6 Å². The molecule has 1 unspecified atom stereocenters. The van der Waals surface area contributed by atoms with E-state index in [0.29, 0.717) is 5.92 Å². The van der Waals surface area contributed by atoms with Crippen molar-refractivity contribution in [2.75, 3.05) is 25.5 Å². The van der Waals surface area contributed by atoms with E-state index in [1.54, 1.807) is 6.07 Å². The summed E-state index contributed by atoms with van der Waals surface area (Å²) >= 11 is 6.12. The lowest BCUT2D eigenvalue weighted by atomic mass is 9.92. The third-order valence-electron chi connectivity index (χ3n) is 5.70. The zero-order valence-corrected chi connectivity index (χ0v) is 18.7. The second-order valence-electron chi connectivity index (χ2n) is 8.05. The smallest absolute Gasteiger partial charge is 0.142 e. The van der Waals surface area contributed by atoms with E-state index in [4.69, 9.17) is 11.6 Å². The van der Waals surface area contributed by atoms with Gasteiger partial charge in [0, 0.05) is 37.0 Å². The summed E-state index contributed by atoms with van der Waals surface area (Å²) in [6.07, 6.45) is 5.48. The largest absolute Gasteiger partial charge is 0.385 e. The molecule has 29 heavy (non-hydrogen) atoms. The van der Waals surface area contributed by atoms with Gasteiger partial charge in [-0.3, -0.25) is 0 Å². The Kier molecular flexibility index (Phi) is 6.69. The maximum atomic E-state index is 13.9. The third-order valence-corrected chi connectivity index (χ3v) is 5.99. The maximum absolute atomic E-state index is 13.9. The van der Waals surface area contributed by atoms with Crippen molar-refractivity contribution in [2.45, 2.75) is 34.1 Å². The number of likely N-dealkylation sites (N-methyl/N-ethyl adjacent to an activating group) is 1. The minimum absolute atomic E-state index is 0.154. The molecule has 0 radical (unpaired) electrons. The number of nitrogens with zero attached hydrogens (tertiary/aromatic N) is 1. The molecule has 2 aromatic carbocycles. The Bertz CT molecular complexity index is 962. The van der Waals surface area contributed by atoms with E-state index in [0.717, 1.165) is 47.5 Å². The first-order valence-corrected chi connectivity index (χ1v) is 10.6. The highest BCUT2D eigenvalue weighted by Crippen LogP contribution is 2.36. The highest BCUT2D eigenvalue weighted by Gasteiger charge is 2.20. The van der Waals surface area contributed by atoms with Crippen molar-refractivity contribution in [3.05, 3.63) is 75.6 Å². The van der Waals surface area contributed by atoms with Crippen LogP contribution in [-0.4, -0.2) is 25.0 Å². The molecule has 1 aliphatic rings. The van der Waals surface area contributed by atoms with Crippen LogP contribution in [0, 0.1) is 25.6 Å². The number of aryl methyl sites for hydroxylation is 2. The van der Waals surface area contributed by atoms with Gasteiger partial charge < -0.3 is 10.2 Å². The van der Waals surface area contributed by atoms with Crippen LogP contribution in [0.25, 0.3) is 11.3 Å². The molecule has 1 atom stereocenters. The van der Waals surface area contributed by atoms with Crippen molar-refractivity contribution in [3.8, 4) is 0 Å². The van der Waals surface area contributed by atoms with Crippen LogP contribution in [-0.2, 0) is 0 Å². The summed E-state index contributed by atoms with van der Waals surface area (Å²) in [7, 11) is 2.06. The molecule has 154 valence electrons. The lowest BCUT2D eigenvalue weighted by molar-refractivity contribution is 0.532. The van der Waals surface area contributed by atoms with Crippen LogP contribution in [0.1, 0.15) is 42.5 Å². The maximum Gasteiger partial charge on any atom is 0.142 e. The zero-order valence-electron chi connectivity index (χ0n) is 17.9. The Balaban J connectivity index is 2.05. The molecule has 2 aromatic rings. The van der Waals surface area contributed by atoms with Gasteiger partial charge in [-0.25, -0.2) is 4.39 Å². The number of allylic oxidation sites excluding steroid dienone is 2. The van der Waals surface area contributed by atoms with Crippen LogP contribution in [0.3, 0.4) is 0 Å². The van der Waals surface area contributed by atoms with E-state index in [1.807, 2.05) is 6.92 Å². The van der Waals surface area contributed by atoms with Crippen LogP contribution in [0.15, 0.2) is 42.5 Å². The van der Waals surface area contributed by atoms with Crippen molar-refractivity contribution in [3.63, 3.8) is 0 Å². The van der Waals surface area contributed by atoms with E-state index in [1.165, 1.54) is 17.3 Å². The summed E-state index contributed by atoms with van der Waals surface area (Å²) < 4.78 is 13.9. The molecule has 4 heteroatoms. The molecular weight excluding hydrogens is 383 g/mol. The van der Waals surface area contributed by atoms with Gasteiger partial charge in [0.15, 0.2) is 0 Å². The first-order valence-electron chi connectivity index (χ1n) is 10.2. The van der Waals surface area contributed by atoms with E-state index in [2.05, 4.69) is 68.4 Å². The average molecular weight is 413 g/mol. The Morgan fingerprint density at radius 2 is 1.93 bits per heavy atom. The van der Waals surface area contributed by atoms with Crippen molar-refractivity contribution < 1.29 is 4.39 Å². The zero-order chi connectivity index (χ0) is 21.1. The minimum Gasteiger partial charge on any atom is -0.385 e. The quantitative estimate of drug-likeness (QED) is 0.553. The number of rotatable bonds is 6. The van der Waals surface area contributed by atoms with Gasteiger partial charge in [-0.05, 0) is 60.7 Å². The van der Waals surface area contributed by atoms with Gasteiger partial charge in [0.2, 0.25) is 0 Å². The fourth-order valence-electron chi connectivity index (χ4n) is 3.65. The summed E-state index contributed by atoms with van der Waals surface area (Å²) in [4.78, 5) is 2.19. The Labute approximate surface area is 179 Å². The molecule has 0 aromatic heterocycles. The van der Waals surface area contributed by atoms with Crippen LogP contribution in [0.2, 0.25) is 5.02 Å². The lowest BCUT2D eigenvalue weighted by Crippen LogP contribution is -2.21. The van der Waals surface area contributed by atoms with E-state index >= 15 is 0 Å². The van der Waals surface area contributed by atoms with Crippen molar-refractivity contribution >= 4 is 28.6 Å². The molecule has 0 bridgehead atoms. The normalized spacial score (nSPS) is 15.1. The van der Waals surface area contributed by atoms with Gasteiger partial charge in [-0.15, -0.1) is 0 Å². The fourth-order valence-corrected chi connectivity index (χ4v) is 3.81. The second-order valence-corrected chi connectivity index (χ2v) is 8.46. The Morgan fingerprint density at radius 3 is 2.62 bits per heavy atom. The molecule has 0 amide bonds. The molecule has 1 N–H and O–H groups in total. The standard InChI is InChI=1S/C25H30ClFN2/c1-6-16(2)15-28-24-10-9-19(12-18(24)4)20-8-7-11-29(5)25(20)21-14-22(26)23(27)13-17(21)3/h7-10,12-14,16,28H,6,11,15H2,1-5H3. The van der Waals surface area contributed by atoms with Crippen molar-refractivity contribution in [1.29, 1.82) is 0 Å². The number of anilines is 1. The molecule has 1 aliphatic heterocycles. The highest BCUT2D eigenvalue weighted by atomic mass is 35.5. The fraction of sp³-hybridized carbons (Fsp3) is 0.360. The van der Waals surface area contributed by atoms with Gasteiger partial charge in [0.1, 0.15) is 5.82 Å². The molecule has 0 aliphatic carbocycles. The summed E-state index contributed by atoms with van der Waals surface area (Å²) in [5.74, 6) is 0.265. The predicted molar refractivity (Wildman–Crippen MR) is 124 cm³/mol. The molecule has 1 heterocycles. The monoisotopic (exact) mass is 412 g/mol. The van der Waals surface area contributed by atoms with Crippen LogP contribution < -0.4 is 5.32 Å². The number of hydrogen-bond acceptors (Lipinski definition) is 2. The van der Waals surface area contributed by atoms with Gasteiger partial charge in [0.05, 0.1) is 10.7 Å². The minimum atomic E-state index is -0.378. The molecule has 0 saturated carbocycles. The predicted octanol–water partition coefficient (Wildman–Crippen LogP) is 6.92. The molecule has 2 nitrogen and oxygen atoms in total. The second kappa shape index (κ2) is 9.04. The first-order chi connectivity index (χ1) is 13.8. The Morgan fingerprint density at radius 1 is 1.17 bits per heavy atom. The summed E-state index contributed by atoms with van der Waals surface area (Å²) in [5.41, 5.74) is 7.58. The van der Waals surface area contributed by atoms with Crippen molar-refractivity contribution in [2.24, 2.45) is 5.92 Å².